The average molecular weight is 467 g/mol. The van der Waals surface area contributed by atoms with Gasteiger partial charge >= 0.3 is 0 Å². The number of amides is 1. The summed E-state index contributed by atoms with van der Waals surface area (Å²) in [4.78, 5) is 20.9. The summed E-state index contributed by atoms with van der Waals surface area (Å²) in [7, 11) is -3.62. The minimum Gasteiger partial charge on any atom is -0.342 e. The van der Waals surface area contributed by atoms with Gasteiger partial charge in [0.25, 0.3) is 5.91 Å². The molecule has 0 aliphatic carbocycles. The van der Waals surface area contributed by atoms with Crippen molar-refractivity contribution in [2.45, 2.75) is 50.0 Å². The van der Waals surface area contributed by atoms with Gasteiger partial charge in [-0.25, -0.2) is 13.4 Å². The number of aromatic amines is 1. The highest BCUT2D eigenvalue weighted by atomic mass is 32.2. The first kappa shape index (κ1) is 23.2. The molecular weight excluding hydrogens is 436 g/mol. The predicted molar refractivity (Wildman–Crippen MR) is 128 cm³/mol. The van der Waals surface area contributed by atoms with Crippen molar-refractivity contribution in [3.05, 3.63) is 72.2 Å². The molecule has 1 unspecified atom stereocenters. The lowest BCUT2D eigenvalue weighted by atomic mass is 10.1. The normalized spacial score (nSPS) is 16.2. The highest BCUT2D eigenvalue weighted by Gasteiger charge is 2.26. The number of benzene rings is 2. The van der Waals surface area contributed by atoms with Crippen molar-refractivity contribution < 1.29 is 13.2 Å². The van der Waals surface area contributed by atoms with Gasteiger partial charge in [-0.15, -0.1) is 0 Å². The van der Waals surface area contributed by atoms with Gasteiger partial charge in [-0.2, -0.15) is 4.31 Å². The second-order valence-corrected chi connectivity index (χ2v) is 10.3. The van der Waals surface area contributed by atoms with Crippen LogP contribution >= 0.6 is 0 Å². The van der Waals surface area contributed by atoms with E-state index in [9.17, 15) is 13.2 Å². The van der Waals surface area contributed by atoms with Crippen LogP contribution in [-0.4, -0.2) is 41.7 Å². The zero-order chi connectivity index (χ0) is 23.3. The van der Waals surface area contributed by atoms with E-state index in [1.165, 1.54) is 6.07 Å². The minimum atomic E-state index is -3.62. The van der Waals surface area contributed by atoms with Gasteiger partial charge in [-0.3, -0.25) is 4.79 Å². The summed E-state index contributed by atoms with van der Waals surface area (Å²) in [5, 5.41) is 2.99. The number of nitrogens with zero attached hydrogens (tertiary/aromatic N) is 2. The predicted octanol–water partition coefficient (Wildman–Crippen LogP) is 4.52. The molecule has 174 valence electrons. The van der Waals surface area contributed by atoms with Crippen LogP contribution < -0.4 is 5.32 Å². The molecule has 8 heteroatoms. The Morgan fingerprint density at radius 2 is 1.79 bits per heavy atom. The number of sulfonamides is 1. The van der Waals surface area contributed by atoms with E-state index >= 15 is 0 Å². The molecule has 2 N–H and O–H groups in total. The molecule has 0 saturated carbocycles. The molecule has 3 aromatic rings. The lowest BCUT2D eigenvalue weighted by Gasteiger charge is -2.20. The molecule has 0 bridgehead atoms. The van der Waals surface area contributed by atoms with Gasteiger partial charge < -0.3 is 10.3 Å². The summed E-state index contributed by atoms with van der Waals surface area (Å²) in [6, 6.07) is 15.8. The molecule has 1 aromatic heterocycles. The van der Waals surface area contributed by atoms with Crippen LogP contribution in [0.15, 0.2) is 65.7 Å². The maximum absolute atomic E-state index is 13.1. The quantitative estimate of drug-likeness (QED) is 0.535. The SMILES string of the molecule is CCC(NC(=O)c1cccc(S(=O)(=O)N2CCCCCC2)c1)c1ncc(-c2ccccc2)[nH]1. The molecule has 4 rings (SSSR count). The highest BCUT2D eigenvalue weighted by molar-refractivity contribution is 7.89. The number of hydrogen-bond donors (Lipinski definition) is 2. The molecule has 2 heterocycles. The molecular formula is C25H30N4O3S. The van der Waals surface area contributed by atoms with Crippen molar-refractivity contribution in [3.63, 3.8) is 0 Å². The summed E-state index contributed by atoms with van der Waals surface area (Å²) in [6.07, 6.45) is 6.22. The Labute approximate surface area is 195 Å². The minimum absolute atomic E-state index is 0.162. The Morgan fingerprint density at radius 3 is 2.48 bits per heavy atom. The van der Waals surface area contributed by atoms with Crippen LogP contribution in [0, 0.1) is 0 Å². The first-order valence-corrected chi connectivity index (χ1v) is 12.9. The molecule has 1 aliphatic rings. The van der Waals surface area contributed by atoms with Gasteiger partial charge in [0.15, 0.2) is 0 Å². The first-order chi connectivity index (χ1) is 16.0. The van der Waals surface area contributed by atoms with Gasteiger partial charge in [-0.1, -0.05) is 56.2 Å². The standard InChI is InChI=1S/C25H30N4O3S/c1-2-22(24-26-18-23(27-24)19-11-6-5-7-12-19)28-25(30)20-13-10-14-21(17-20)33(31,32)29-15-8-3-4-9-16-29/h5-7,10-14,17-18,22H,2-4,8-9,15-16H2,1H3,(H,26,27)(H,28,30). The number of carbonyl (C=O) groups excluding carboxylic acids is 1. The van der Waals surface area contributed by atoms with Gasteiger partial charge in [0.1, 0.15) is 5.82 Å². The smallest absolute Gasteiger partial charge is 0.251 e. The Kier molecular flexibility index (Phi) is 7.25. The lowest BCUT2D eigenvalue weighted by molar-refractivity contribution is 0.0933. The number of aromatic nitrogens is 2. The fourth-order valence-corrected chi connectivity index (χ4v) is 5.68. The monoisotopic (exact) mass is 466 g/mol. The van der Waals surface area contributed by atoms with Crippen LogP contribution in [0.25, 0.3) is 11.3 Å². The van der Waals surface area contributed by atoms with Crippen molar-refractivity contribution in [2.75, 3.05) is 13.1 Å². The van der Waals surface area contributed by atoms with Crippen LogP contribution in [-0.2, 0) is 10.0 Å². The number of nitrogens with one attached hydrogen (secondary N) is 2. The average Bonchev–Trinajstić information content (AvgIpc) is 3.17. The molecule has 2 aromatic carbocycles. The Balaban J connectivity index is 1.50. The first-order valence-electron chi connectivity index (χ1n) is 11.5. The van der Waals surface area contributed by atoms with Crippen molar-refractivity contribution in [1.82, 2.24) is 19.6 Å². The summed E-state index contributed by atoms with van der Waals surface area (Å²) in [5.41, 5.74) is 2.21. The molecule has 1 atom stereocenters. The Morgan fingerprint density at radius 1 is 1.06 bits per heavy atom. The van der Waals surface area contributed by atoms with Crippen LogP contribution in [0.1, 0.15) is 61.3 Å². The van der Waals surface area contributed by atoms with Crippen LogP contribution in [0.2, 0.25) is 0 Å². The van der Waals surface area contributed by atoms with Crippen molar-refractivity contribution in [2.24, 2.45) is 0 Å². The number of carbonyl (C=O) groups is 1. The number of rotatable bonds is 7. The van der Waals surface area contributed by atoms with Gasteiger partial charge in [0, 0.05) is 18.7 Å². The summed E-state index contributed by atoms with van der Waals surface area (Å²) in [5.74, 6) is 0.338. The fourth-order valence-electron chi connectivity index (χ4n) is 4.11. The molecule has 1 fully saturated rings. The van der Waals surface area contributed by atoms with Crippen LogP contribution in [0.3, 0.4) is 0 Å². The largest absolute Gasteiger partial charge is 0.342 e. The molecule has 1 aliphatic heterocycles. The molecule has 1 amide bonds. The van der Waals surface area contributed by atoms with E-state index in [1.54, 1.807) is 28.7 Å². The maximum Gasteiger partial charge on any atom is 0.251 e. The van der Waals surface area contributed by atoms with E-state index in [0.29, 0.717) is 30.9 Å². The topological polar surface area (TPSA) is 95.2 Å². The van der Waals surface area contributed by atoms with Crippen LogP contribution in [0.4, 0.5) is 0 Å². The number of imidazole rings is 1. The zero-order valence-electron chi connectivity index (χ0n) is 18.8. The third-order valence-electron chi connectivity index (χ3n) is 6.02. The molecule has 7 nitrogen and oxygen atoms in total. The third kappa shape index (κ3) is 5.34. The highest BCUT2D eigenvalue weighted by Crippen LogP contribution is 2.23. The molecule has 1 saturated heterocycles. The van der Waals surface area contributed by atoms with E-state index in [-0.39, 0.29) is 16.8 Å². The Hall–Kier alpha value is -2.97. The van der Waals surface area contributed by atoms with E-state index in [2.05, 4.69) is 15.3 Å². The third-order valence-corrected chi connectivity index (χ3v) is 7.92. The second kappa shape index (κ2) is 10.3. The van der Waals surface area contributed by atoms with E-state index < -0.39 is 10.0 Å². The molecule has 0 spiro atoms. The summed E-state index contributed by atoms with van der Waals surface area (Å²) >= 11 is 0. The molecule has 0 radical (unpaired) electrons. The summed E-state index contributed by atoms with van der Waals surface area (Å²) in [6.45, 7) is 3.02. The van der Waals surface area contributed by atoms with E-state index in [0.717, 1.165) is 36.9 Å². The zero-order valence-corrected chi connectivity index (χ0v) is 19.6. The van der Waals surface area contributed by atoms with E-state index in [1.807, 2.05) is 37.3 Å². The van der Waals surface area contributed by atoms with Crippen molar-refractivity contribution >= 4 is 15.9 Å². The second-order valence-electron chi connectivity index (χ2n) is 8.33. The Bertz CT molecular complexity index is 1180. The van der Waals surface area contributed by atoms with Gasteiger partial charge in [-0.05, 0) is 43.0 Å². The molecule has 33 heavy (non-hydrogen) atoms. The van der Waals surface area contributed by atoms with Gasteiger partial charge in [0.05, 0.1) is 22.8 Å². The fraction of sp³-hybridized carbons (Fsp3) is 0.360. The lowest BCUT2D eigenvalue weighted by Crippen LogP contribution is -2.32. The maximum atomic E-state index is 13.1. The van der Waals surface area contributed by atoms with E-state index in [4.69, 9.17) is 0 Å². The number of H-pyrrole nitrogens is 1. The van der Waals surface area contributed by atoms with Crippen molar-refractivity contribution in [3.8, 4) is 11.3 Å². The van der Waals surface area contributed by atoms with Crippen molar-refractivity contribution in [1.29, 1.82) is 0 Å². The number of hydrogen-bond acceptors (Lipinski definition) is 4. The van der Waals surface area contributed by atoms with Gasteiger partial charge in [0.2, 0.25) is 10.0 Å². The summed E-state index contributed by atoms with van der Waals surface area (Å²) < 4.78 is 27.8. The van der Waals surface area contributed by atoms with Crippen LogP contribution in [0.5, 0.6) is 0 Å².